The number of carboxylic acids is 1. The maximum Gasteiger partial charge on any atom is 0.352 e. The smallest absolute Gasteiger partial charge is 0.352 e. The first kappa shape index (κ1) is 21.9. The van der Waals surface area contributed by atoms with Crippen molar-refractivity contribution in [3.05, 3.63) is 16.2 Å². The Morgan fingerprint density at radius 1 is 1.43 bits per heavy atom. The Kier molecular flexibility index (Phi) is 6.50. The van der Waals surface area contributed by atoms with E-state index >= 15 is 0 Å². The van der Waals surface area contributed by atoms with Crippen LogP contribution in [0.2, 0.25) is 0 Å². The van der Waals surface area contributed by atoms with Crippen LogP contribution in [-0.4, -0.2) is 82.7 Å². The van der Waals surface area contributed by atoms with E-state index in [0.717, 1.165) is 4.90 Å². The van der Waals surface area contributed by atoms with Crippen molar-refractivity contribution in [2.24, 2.45) is 12.2 Å². The van der Waals surface area contributed by atoms with E-state index in [1.807, 2.05) is 0 Å². The molecular weight excluding hydrogens is 438 g/mol. The normalized spacial score (nSPS) is 21.5. The highest BCUT2D eigenvalue weighted by atomic mass is 32.2. The molecule has 1 saturated heterocycles. The maximum absolute atomic E-state index is 12.6. The lowest BCUT2D eigenvalue weighted by atomic mass is 10.0. The van der Waals surface area contributed by atoms with E-state index in [1.165, 1.54) is 35.1 Å². The zero-order valence-corrected chi connectivity index (χ0v) is 17.5. The van der Waals surface area contributed by atoms with Crippen LogP contribution < -0.4 is 5.32 Å². The van der Waals surface area contributed by atoms with Crippen LogP contribution in [0.25, 0.3) is 0 Å². The highest BCUT2D eigenvalue weighted by Crippen LogP contribution is 2.41. The van der Waals surface area contributed by atoms with E-state index in [9.17, 15) is 29.2 Å². The van der Waals surface area contributed by atoms with Crippen LogP contribution in [0.3, 0.4) is 0 Å². The van der Waals surface area contributed by atoms with Gasteiger partial charge in [-0.1, -0.05) is 18.7 Å². The second-order valence-electron chi connectivity index (χ2n) is 6.35. The number of Topliss-reactive ketones (excluding diaryl/α,β-unsaturated/α-hetero) is 1. The summed E-state index contributed by atoms with van der Waals surface area (Å²) >= 11 is 2.51. The van der Waals surface area contributed by atoms with Crippen molar-refractivity contribution in [1.29, 1.82) is 0 Å². The number of aryl methyl sites for hydroxylation is 1. The van der Waals surface area contributed by atoms with Gasteiger partial charge in [0.25, 0.3) is 11.8 Å². The molecule has 2 amide bonds. The van der Waals surface area contributed by atoms with Gasteiger partial charge in [0, 0.05) is 25.0 Å². The minimum Gasteiger partial charge on any atom is -0.477 e. The number of fused-ring (bicyclic) bond motifs is 1. The summed E-state index contributed by atoms with van der Waals surface area (Å²) in [4.78, 5) is 60.2. The number of hydrogen-bond donors (Lipinski definition) is 2. The van der Waals surface area contributed by atoms with Crippen molar-refractivity contribution in [1.82, 2.24) is 30.4 Å². The first-order chi connectivity index (χ1) is 14.3. The van der Waals surface area contributed by atoms with Crippen molar-refractivity contribution in [3.63, 3.8) is 0 Å². The number of tetrazole rings is 1. The Bertz CT molecular complexity index is 948. The van der Waals surface area contributed by atoms with Crippen LogP contribution >= 0.6 is 23.5 Å². The molecule has 0 aromatic carbocycles. The molecule has 1 fully saturated rings. The highest BCUT2D eigenvalue weighted by molar-refractivity contribution is 8.01. The van der Waals surface area contributed by atoms with Gasteiger partial charge in [0.2, 0.25) is 11.2 Å². The standard InChI is InChI=1S/C15H17N7O6S2/c1-3-7(23)8(18-28)11(24)16-9-12(25)22-10(14(26)27)6(4-29-13(9)22)5-30-15-17-19-20-21(15)2/h8-9,13H,3-5H2,1-2H3,(H,16,24)(H,26,27)/t8?,9-,13+/m1/s1. The van der Waals surface area contributed by atoms with E-state index in [1.54, 1.807) is 7.05 Å². The predicted molar refractivity (Wildman–Crippen MR) is 104 cm³/mol. The number of hydrogen-bond acceptors (Lipinski definition) is 11. The van der Waals surface area contributed by atoms with Gasteiger partial charge in [0.1, 0.15) is 17.1 Å². The molecule has 30 heavy (non-hydrogen) atoms. The van der Waals surface area contributed by atoms with E-state index in [0.29, 0.717) is 16.5 Å². The second kappa shape index (κ2) is 8.91. The van der Waals surface area contributed by atoms with Gasteiger partial charge in [-0.3, -0.25) is 19.3 Å². The SMILES string of the molecule is CCC(=O)C(N=O)C(=O)N[C@@H]1C(=O)N2C(C(=O)O)=C(CSc3nnnn3C)CS[C@@H]12. The van der Waals surface area contributed by atoms with E-state index < -0.39 is 41.0 Å². The lowest BCUT2D eigenvalue weighted by Gasteiger charge is -2.49. The molecule has 1 unspecified atom stereocenters. The Labute approximate surface area is 178 Å². The molecule has 160 valence electrons. The zero-order valence-electron chi connectivity index (χ0n) is 15.8. The summed E-state index contributed by atoms with van der Waals surface area (Å²) in [5.41, 5.74) is 0.370. The topological polar surface area (TPSA) is 177 Å². The Morgan fingerprint density at radius 3 is 2.73 bits per heavy atom. The fraction of sp³-hybridized carbons (Fsp3) is 0.533. The number of nitroso groups, excluding NO2 is 1. The lowest BCUT2D eigenvalue weighted by molar-refractivity contribution is -0.151. The molecule has 0 spiro atoms. The van der Waals surface area contributed by atoms with Gasteiger partial charge in [-0.15, -0.1) is 21.8 Å². The molecule has 0 saturated carbocycles. The summed E-state index contributed by atoms with van der Waals surface area (Å²) in [7, 11) is 1.65. The second-order valence-corrected chi connectivity index (χ2v) is 8.40. The van der Waals surface area contributed by atoms with E-state index in [4.69, 9.17) is 0 Å². The first-order valence-electron chi connectivity index (χ1n) is 8.70. The Balaban J connectivity index is 1.74. The number of nitrogens with zero attached hydrogens (tertiary/aromatic N) is 6. The molecule has 15 heteroatoms. The molecule has 3 rings (SSSR count). The van der Waals surface area contributed by atoms with Gasteiger partial charge in [-0.25, -0.2) is 9.48 Å². The fourth-order valence-corrected chi connectivity index (χ4v) is 5.30. The summed E-state index contributed by atoms with van der Waals surface area (Å²) in [6.07, 6.45) is -0.0549. The molecule has 2 N–H and O–H groups in total. The maximum atomic E-state index is 12.6. The van der Waals surface area contributed by atoms with Gasteiger partial charge >= 0.3 is 5.97 Å². The van der Waals surface area contributed by atoms with Crippen molar-refractivity contribution >= 4 is 47.1 Å². The summed E-state index contributed by atoms with van der Waals surface area (Å²) in [5.74, 6) is -2.95. The van der Waals surface area contributed by atoms with Crippen molar-refractivity contribution in [2.45, 2.75) is 36.0 Å². The quantitative estimate of drug-likeness (QED) is 0.205. The number of rotatable bonds is 9. The molecule has 0 bridgehead atoms. The minimum absolute atomic E-state index is 0.0549. The van der Waals surface area contributed by atoms with Crippen LogP contribution in [0.15, 0.2) is 21.6 Å². The Morgan fingerprint density at radius 2 is 2.17 bits per heavy atom. The van der Waals surface area contributed by atoms with Crippen LogP contribution in [0.5, 0.6) is 0 Å². The predicted octanol–water partition coefficient (Wildman–Crippen LogP) is -0.845. The number of β-lactam (4-membered cyclic amide) rings is 1. The van der Waals surface area contributed by atoms with Gasteiger partial charge in [-0.05, 0) is 21.2 Å². The average Bonchev–Trinajstić information content (AvgIpc) is 3.14. The molecule has 0 aliphatic carbocycles. The van der Waals surface area contributed by atoms with Crippen LogP contribution in [-0.2, 0) is 26.2 Å². The number of ketones is 1. The third-order valence-electron chi connectivity index (χ3n) is 4.51. The summed E-state index contributed by atoms with van der Waals surface area (Å²) in [6, 6.07) is -2.77. The third-order valence-corrected chi connectivity index (χ3v) is 6.95. The molecule has 1 aromatic heterocycles. The van der Waals surface area contributed by atoms with Gasteiger partial charge in [-0.2, -0.15) is 0 Å². The van der Waals surface area contributed by atoms with Crippen LogP contribution in [0, 0.1) is 4.91 Å². The molecule has 13 nitrogen and oxygen atoms in total. The van der Waals surface area contributed by atoms with Crippen molar-refractivity contribution < 1.29 is 24.3 Å². The minimum atomic E-state index is -1.73. The van der Waals surface area contributed by atoms with E-state index in [-0.39, 0.29) is 17.9 Å². The highest BCUT2D eigenvalue weighted by Gasteiger charge is 2.54. The van der Waals surface area contributed by atoms with E-state index in [2.05, 4.69) is 26.0 Å². The number of carbonyl (C=O) groups is 4. The largest absolute Gasteiger partial charge is 0.477 e. The lowest BCUT2D eigenvalue weighted by Crippen LogP contribution is -2.71. The first-order valence-corrected chi connectivity index (χ1v) is 10.7. The molecule has 2 aliphatic rings. The average molecular weight is 455 g/mol. The van der Waals surface area contributed by atoms with Crippen molar-refractivity contribution in [2.75, 3.05) is 11.5 Å². The molecule has 1 aromatic rings. The van der Waals surface area contributed by atoms with Gasteiger partial charge in [0.15, 0.2) is 5.78 Å². The van der Waals surface area contributed by atoms with Gasteiger partial charge in [0.05, 0.1) is 0 Å². The summed E-state index contributed by atoms with van der Waals surface area (Å²) in [5, 5.41) is 25.4. The van der Waals surface area contributed by atoms with Crippen LogP contribution in [0.1, 0.15) is 13.3 Å². The number of carbonyl (C=O) groups excluding carboxylic acids is 3. The summed E-state index contributed by atoms with van der Waals surface area (Å²) < 4.78 is 1.44. The number of nitrogens with one attached hydrogen (secondary N) is 1. The summed E-state index contributed by atoms with van der Waals surface area (Å²) in [6.45, 7) is 1.49. The molecular formula is C15H17N7O6S2. The monoisotopic (exact) mass is 455 g/mol. The van der Waals surface area contributed by atoms with Crippen LogP contribution in [0.4, 0.5) is 0 Å². The number of thioether (sulfide) groups is 2. The zero-order chi connectivity index (χ0) is 22.0. The molecule has 0 radical (unpaired) electrons. The number of aromatic nitrogens is 4. The van der Waals surface area contributed by atoms with Gasteiger partial charge < -0.3 is 10.4 Å². The van der Waals surface area contributed by atoms with Crippen molar-refractivity contribution in [3.8, 4) is 0 Å². The molecule has 3 heterocycles. The molecule has 2 aliphatic heterocycles. The number of amides is 2. The number of carboxylic acid groups (broad SMARTS) is 1. The number of aliphatic carboxylic acids is 1. The molecule has 3 atom stereocenters. The fourth-order valence-electron chi connectivity index (χ4n) is 2.97. The Hall–Kier alpha value is -2.81. The third kappa shape index (κ3) is 3.94.